The van der Waals surface area contributed by atoms with E-state index in [1.807, 2.05) is 6.07 Å². The molecule has 3 aromatic rings. The van der Waals surface area contributed by atoms with E-state index in [1.165, 1.54) is 16.4 Å². The normalized spacial score (nSPS) is 19.2. The lowest BCUT2D eigenvalue weighted by molar-refractivity contribution is 0.102. The topological polar surface area (TPSA) is 97.7 Å². The molecule has 1 amide bonds. The number of amides is 1. The first-order valence-electron chi connectivity index (χ1n) is 11.8. The first-order chi connectivity index (χ1) is 17.3. The van der Waals surface area contributed by atoms with E-state index in [4.69, 9.17) is 4.74 Å². The molecule has 186 valence electrons. The molecule has 5 rings (SSSR count). The van der Waals surface area contributed by atoms with Crippen molar-refractivity contribution in [3.05, 3.63) is 101 Å². The Labute approximate surface area is 209 Å². The van der Waals surface area contributed by atoms with Gasteiger partial charge in [-0.2, -0.15) is 4.31 Å². The van der Waals surface area contributed by atoms with Crippen molar-refractivity contribution >= 4 is 21.6 Å². The van der Waals surface area contributed by atoms with Crippen LogP contribution in [0.5, 0.6) is 5.75 Å². The molecule has 9 heteroatoms. The van der Waals surface area contributed by atoms with Crippen molar-refractivity contribution in [3.8, 4) is 5.75 Å². The van der Waals surface area contributed by atoms with Gasteiger partial charge in [0.05, 0.1) is 4.90 Å². The fraction of sp³-hybridized carbons (Fsp3) is 0.259. The van der Waals surface area contributed by atoms with Gasteiger partial charge in [0.1, 0.15) is 12.4 Å². The molecule has 0 aliphatic carbocycles. The summed E-state index contributed by atoms with van der Waals surface area (Å²) >= 11 is 0. The molecule has 3 heterocycles. The predicted molar refractivity (Wildman–Crippen MR) is 137 cm³/mol. The van der Waals surface area contributed by atoms with Crippen LogP contribution in [0.4, 0.5) is 5.69 Å². The van der Waals surface area contributed by atoms with Crippen molar-refractivity contribution in [1.29, 1.82) is 0 Å². The van der Waals surface area contributed by atoms with Crippen LogP contribution in [0, 0.1) is 5.92 Å². The van der Waals surface area contributed by atoms with Gasteiger partial charge in [-0.05, 0) is 66.9 Å². The molecule has 36 heavy (non-hydrogen) atoms. The second-order valence-corrected chi connectivity index (χ2v) is 11.1. The van der Waals surface area contributed by atoms with Crippen LogP contribution in [0.2, 0.25) is 0 Å². The van der Waals surface area contributed by atoms with Gasteiger partial charge in [-0.1, -0.05) is 18.7 Å². The zero-order valence-electron chi connectivity index (χ0n) is 19.7. The summed E-state index contributed by atoms with van der Waals surface area (Å²) in [5.41, 5.74) is 1.82. The highest BCUT2D eigenvalue weighted by atomic mass is 32.2. The molecule has 0 spiro atoms. The second-order valence-electron chi connectivity index (χ2n) is 9.12. The summed E-state index contributed by atoms with van der Waals surface area (Å²) in [4.78, 5) is 25.0. The van der Waals surface area contributed by atoms with Gasteiger partial charge in [-0.15, -0.1) is 0 Å². The van der Waals surface area contributed by atoms with E-state index < -0.39 is 10.0 Å². The quantitative estimate of drug-likeness (QED) is 0.496. The molecule has 2 atom stereocenters. The minimum atomic E-state index is -3.71. The summed E-state index contributed by atoms with van der Waals surface area (Å²) in [6, 6.07) is 18.1. The third kappa shape index (κ3) is 4.72. The van der Waals surface area contributed by atoms with Gasteiger partial charge in [-0.3, -0.25) is 9.59 Å². The number of rotatable bonds is 7. The van der Waals surface area contributed by atoms with Crippen LogP contribution in [0.15, 0.2) is 89.1 Å². The predicted octanol–water partition coefficient (Wildman–Crippen LogP) is 3.47. The van der Waals surface area contributed by atoms with E-state index in [9.17, 15) is 18.0 Å². The van der Waals surface area contributed by atoms with Crippen molar-refractivity contribution in [2.45, 2.75) is 23.8 Å². The average molecular weight is 506 g/mol. The molecule has 0 radical (unpaired) electrons. The van der Waals surface area contributed by atoms with Crippen LogP contribution in [0.1, 0.15) is 28.4 Å². The molecule has 0 saturated carbocycles. The number of fused-ring (bicyclic) bond motifs is 4. The number of carbonyl (C=O) groups is 1. The standard InChI is InChI=1S/C27H27N3O5S/c1-2-14-35-23-10-6-20(7-11-23)27(32)28-22-8-12-24(13-9-22)36(33,34)29-16-19-15-21(18-29)25-4-3-5-26(31)30(25)17-19/h2-13,19,21H,1,14-18H2,(H,28,32)/t19-,21-/m0/s1. The number of hydrogen-bond acceptors (Lipinski definition) is 5. The molecule has 1 aromatic heterocycles. The third-order valence-corrected chi connectivity index (χ3v) is 8.53. The fourth-order valence-corrected chi connectivity index (χ4v) is 6.53. The van der Waals surface area contributed by atoms with E-state index in [0.29, 0.717) is 43.2 Å². The van der Waals surface area contributed by atoms with E-state index >= 15 is 0 Å². The van der Waals surface area contributed by atoms with Crippen molar-refractivity contribution in [2.24, 2.45) is 5.92 Å². The summed E-state index contributed by atoms with van der Waals surface area (Å²) in [6.07, 6.45) is 2.52. The number of anilines is 1. The minimum Gasteiger partial charge on any atom is -0.490 e. The molecule has 2 aromatic carbocycles. The van der Waals surface area contributed by atoms with Gasteiger partial charge >= 0.3 is 0 Å². The van der Waals surface area contributed by atoms with Crippen molar-refractivity contribution < 1.29 is 17.9 Å². The van der Waals surface area contributed by atoms with E-state index in [0.717, 1.165) is 12.1 Å². The summed E-state index contributed by atoms with van der Waals surface area (Å²) in [5, 5.41) is 2.79. The van der Waals surface area contributed by atoms with Crippen LogP contribution in [-0.4, -0.2) is 42.9 Å². The summed E-state index contributed by atoms with van der Waals surface area (Å²) in [5.74, 6) is 0.420. The maximum Gasteiger partial charge on any atom is 0.255 e. The molecule has 2 bridgehead atoms. The lowest BCUT2D eigenvalue weighted by atomic mass is 9.84. The highest BCUT2D eigenvalue weighted by Crippen LogP contribution is 2.37. The Kier molecular flexibility index (Phi) is 6.51. The Balaban J connectivity index is 1.27. The maximum atomic E-state index is 13.4. The lowest BCUT2D eigenvalue weighted by Crippen LogP contribution is -2.48. The summed E-state index contributed by atoms with van der Waals surface area (Å²) < 4.78 is 35.6. The van der Waals surface area contributed by atoms with Crippen LogP contribution in [0.25, 0.3) is 0 Å². The largest absolute Gasteiger partial charge is 0.490 e. The van der Waals surface area contributed by atoms with Gasteiger partial charge in [-0.25, -0.2) is 8.42 Å². The molecule has 2 aliphatic rings. The van der Waals surface area contributed by atoms with Gasteiger partial charge in [0.15, 0.2) is 0 Å². The zero-order valence-corrected chi connectivity index (χ0v) is 20.5. The Morgan fingerprint density at radius 3 is 2.50 bits per heavy atom. The maximum absolute atomic E-state index is 13.4. The number of pyridine rings is 1. The van der Waals surface area contributed by atoms with Crippen LogP contribution >= 0.6 is 0 Å². The highest BCUT2D eigenvalue weighted by Gasteiger charge is 2.39. The highest BCUT2D eigenvalue weighted by molar-refractivity contribution is 7.89. The van der Waals surface area contributed by atoms with Crippen molar-refractivity contribution in [2.75, 3.05) is 25.0 Å². The first-order valence-corrected chi connectivity index (χ1v) is 13.2. The Morgan fingerprint density at radius 2 is 1.78 bits per heavy atom. The third-order valence-electron chi connectivity index (χ3n) is 6.68. The molecule has 1 fully saturated rings. The second kappa shape index (κ2) is 9.75. The van der Waals surface area contributed by atoms with Gasteiger partial charge < -0.3 is 14.6 Å². The number of nitrogens with one attached hydrogen (secondary N) is 1. The summed E-state index contributed by atoms with van der Waals surface area (Å²) in [7, 11) is -3.71. The van der Waals surface area contributed by atoms with E-state index in [1.54, 1.807) is 59.2 Å². The molecule has 8 nitrogen and oxygen atoms in total. The molecule has 1 N–H and O–H groups in total. The number of aromatic nitrogens is 1. The number of benzene rings is 2. The number of hydrogen-bond donors (Lipinski definition) is 1. The number of carbonyl (C=O) groups excluding carboxylic acids is 1. The minimum absolute atomic E-state index is 0.00621. The molecule has 1 saturated heterocycles. The van der Waals surface area contributed by atoms with Crippen LogP contribution in [-0.2, 0) is 16.6 Å². The number of nitrogens with zero attached hydrogens (tertiary/aromatic N) is 2. The monoisotopic (exact) mass is 505 g/mol. The number of piperidine rings is 1. The van der Waals surface area contributed by atoms with Gasteiger partial charge in [0.25, 0.3) is 11.5 Å². The molecule has 0 unspecified atom stereocenters. The Bertz CT molecular complexity index is 1450. The number of ether oxygens (including phenoxy) is 1. The fourth-order valence-electron chi connectivity index (χ4n) is 4.97. The smallest absolute Gasteiger partial charge is 0.255 e. The Morgan fingerprint density at radius 1 is 1.03 bits per heavy atom. The lowest BCUT2D eigenvalue weighted by Gasteiger charge is -2.42. The molecular formula is C27H27N3O5S. The summed E-state index contributed by atoms with van der Waals surface area (Å²) in [6.45, 7) is 5.23. The van der Waals surface area contributed by atoms with Gasteiger partial charge in [0.2, 0.25) is 10.0 Å². The SMILES string of the molecule is C=CCOc1ccc(C(=O)Nc2ccc(S(=O)(=O)N3C[C@@H]4C[C@@H](C3)c3cccc(=O)n3C4)cc2)cc1. The van der Waals surface area contributed by atoms with E-state index in [2.05, 4.69) is 11.9 Å². The van der Waals surface area contributed by atoms with Crippen molar-refractivity contribution in [1.82, 2.24) is 8.87 Å². The first kappa shape index (κ1) is 24.0. The molecule has 2 aliphatic heterocycles. The Hall–Kier alpha value is -3.69. The molecular weight excluding hydrogens is 478 g/mol. The number of sulfonamides is 1. The van der Waals surface area contributed by atoms with Gasteiger partial charge in [0, 0.05) is 48.6 Å². The average Bonchev–Trinajstić information content (AvgIpc) is 2.88. The van der Waals surface area contributed by atoms with Crippen molar-refractivity contribution in [3.63, 3.8) is 0 Å². The van der Waals surface area contributed by atoms with E-state index in [-0.39, 0.29) is 28.2 Å². The zero-order chi connectivity index (χ0) is 25.3. The van der Waals surface area contributed by atoms with Crippen LogP contribution in [0.3, 0.4) is 0 Å². The van der Waals surface area contributed by atoms with Crippen LogP contribution < -0.4 is 15.6 Å².